The van der Waals surface area contributed by atoms with Crippen LogP contribution in [0.4, 0.5) is 5.00 Å². The Morgan fingerprint density at radius 3 is 2.63 bits per heavy atom. The summed E-state index contributed by atoms with van der Waals surface area (Å²) in [7, 11) is 0. The molecular weight excluding hydrogens is 358 g/mol. The highest BCUT2D eigenvalue weighted by molar-refractivity contribution is 7.19. The van der Waals surface area contributed by atoms with Crippen molar-refractivity contribution in [3.63, 3.8) is 0 Å². The van der Waals surface area contributed by atoms with Gasteiger partial charge in [-0.15, -0.1) is 11.3 Å². The first kappa shape index (κ1) is 18.4. The number of thiophene rings is 1. The largest absolute Gasteiger partial charge is 0.378 e. The second-order valence-corrected chi connectivity index (χ2v) is 9.27. The van der Waals surface area contributed by atoms with E-state index in [9.17, 15) is 9.59 Å². The van der Waals surface area contributed by atoms with Crippen LogP contribution in [0.3, 0.4) is 0 Å². The van der Waals surface area contributed by atoms with Crippen LogP contribution < -0.4 is 4.90 Å². The number of morpholine rings is 1. The Bertz CT molecular complexity index is 906. The lowest BCUT2D eigenvalue weighted by molar-refractivity contribution is 0.0917. The van der Waals surface area contributed by atoms with Crippen LogP contribution in [0.2, 0.25) is 0 Å². The van der Waals surface area contributed by atoms with E-state index in [4.69, 9.17) is 4.74 Å². The molecule has 2 aliphatic rings. The summed E-state index contributed by atoms with van der Waals surface area (Å²) in [5.74, 6) is 0.306. The zero-order valence-electron chi connectivity index (χ0n) is 16.1. The van der Waals surface area contributed by atoms with E-state index in [1.165, 1.54) is 0 Å². The molecule has 2 aromatic rings. The summed E-state index contributed by atoms with van der Waals surface area (Å²) in [5, 5.41) is 1.15. The predicted octanol–water partition coefficient (Wildman–Crippen LogP) is 4.61. The Hall–Kier alpha value is -1.98. The van der Waals surface area contributed by atoms with Crippen LogP contribution in [-0.2, 0) is 11.2 Å². The maximum atomic E-state index is 12.9. The summed E-state index contributed by atoms with van der Waals surface area (Å²) in [5.41, 5.74) is 4.00. The monoisotopic (exact) mass is 383 g/mol. The van der Waals surface area contributed by atoms with Crippen molar-refractivity contribution in [3.05, 3.63) is 40.3 Å². The number of ketones is 2. The van der Waals surface area contributed by atoms with Gasteiger partial charge in [0.05, 0.1) is 23.1 Å². The molecule has 0 unspecified atom stereocenters. The molecule has 0 amide bonds. The van der Waals surface area contributed by atoms with Crippen molar-refractivity contribution in [3.8, 4) is 11.1 Å². The zero-order valence-corrected chi connectivity index (χ0v) is 16.9. The Balaban J connectivity index is 1.91. The Morgan fingerprint density at radius 1 is 1.19 bits per heavy atom. The van der Waals surface area contributed by atoms with Gasteiger partial charge in [-0.3, -0.25) is 9.59 Å². The van der Waals surface area contributed by atoms with E-state index in [-0.39, 0.29) is 17.0 Å². The van der Waals surface area contributed by atoms with Crippen molar-refractivity contribution in [2.45, 2.75) is 33.6 Å². The third kappa shape index (κ3) is 3.46. The normalized spacial score (nSPS) is 19.1. The van der Waals surface area contributed by atoms with Gasteiger partial charge in [-0.1, -0.05) is 32.0 Å². The number of nitrogens with zero attached hydrogens (tertiary/aromatic N) is 1. The predicted molar refractivity (Wildman–Crippen MR) is 109 cm³/mol. The average Bonchev–Trinajstić information content (AvgIpc) is 3.01. The fraction of sp³-hybridized carbons (Fsp3) is 0.455. The topological polar surface area (TPSA) is 46.6 Å². The number of fused-ring (bicyclic) bond motifs is 1. The molecule has 1 aromatic heterocycles. The number of Topliss-reactive ketones (excluding diaryl/α,β-unsaturated/α-hetero) is 2. The van der Waals surface area contributed by atoms with Crippen molar-refractivity contribution in [2.24, 2.45) is 5.41 Å². The highest BCUT2D eigenvalue weighted by Gasteiger charge is 2.37. The molecule has 0 bridgehead atoms. The smallest absolute Gasteiger partial charge is 0.173 e. The lowest BCUT2D eigenvalue weighted by atomic mass is 9.75. The summed E-state index contributed by atoms with van der Waals surface area (Å²) in [6.07, 6.45) is 1.48. The molecule has 142 valence electrons. The van der Waals surface area contributed by atoms with E-state index in [0.29, 0.717) is 25.2 Å². The van der Waals surface area contributed by atoms with E-state index in [1.807, 2.05) is 18.2 Å². The number of ether oxygens (including phenoxy) is 1. The number of carbonyl (C=O) groups is 2. The van der Waals surface area contributed by atoms with Crippen LogP contribution >= 0.6 is 11.3 Å². The standard InChI is InChI=1S/C22H25NO3S/c1-14(24)15-5-4-6-16(11-15)19-17-12-22(2,3)13-18(25)20(17)27-21(19)23-7-9-26-10-8-23/h4-6,11H,7-10,12-13H2,1-3H3. The van der Waals surface area contributed by atoms with Gasteiger partial charge in [-0.05, 0) is 36.0 Å². The molecule has 4 nitrogen and oxygen atoms in total. The molecule has 0 saturated carbocycles. The zero-order chi connectivity index (χ0) is 19.2. The minimum absolute atomic E-state index is 0.0413. The van der Waals surface area contributed by atoms with Crippen LogP contribution in [0.5, 0.6) is 0 Å². The minimum Gasteiger partial charge on any atom is -0.378 e. The summed E-state index contributed by atoms with van der Waals surface area (Å²) in [6, 6.07) is 7.83. The number of benzene rings is 1. The van der Waals surface area contributed by atoms with Crippen LogP contribution in [0.25, 0.3) is 11.1 Å². The second-order valence-electron chi connectivity index (χ2n) is 8.27. The molecule has 2 heterocycles. The first-order valence-corrected chi connectivity index (χ1v) is 10.3. The molecule has 5 heteroatoms. The lowest BCUT2D eigenvalue weighted by Crippen LogP contribution is -2.36. The summed E-state index contributed by atoms with van der Waals surface area (Å²) < 4.78 is 5.52. The van der Waals surface area contributed by atoms with Gasteiger partial charge in [0, 0.05) is 30.6 Å². The third-order valence-electron chi connectivity index (χ3n) is 5.39. The first-order valence-electron chi connectivity index (χ1n) is 9.49. The Kier molecular flexibility index (Phi) is 4.68. The SMILES string of the molecule is CC(=O)c1cccc(-c2c(N3CCOCC3)sc3c2CC(C)(C)CC3=O)c1. The van der Waals surface area contributed by atoms with E-state index < -0.39 is 0 Å². The van der Waals surface area contributed by atoms with Crippen molar-refractivity contribution < 1.29 is 14.3 Å². The Labute approximate surface area is 164 Å². The van der Waals surface area contributed by atoms with Gasteiger partial charge in [0.1, 0.15) is 0 Å². The van der Waals surface area contributed by atoms with Crippen molar-refractivity contribution in [1.82, 2.24) is 0 Å². The molecule has 0 N–H and O–H groups in total. The van der Waals surface area contributed by atoms with Crippen LogP contribution in [0, 0.1) is 5.41 Å². The molecule has 1 fully saturated rings. The number of hydrogen-bond donors (Lipinski definition) is 0. The average molecular weight is 384 g/mol. The van der Waals surface area contributed by atoms with Gasteiger partial charge < -0.3 is 9.64 Å². The van der Waals surface area contributed by atoms with Crippen molar-refractivity contribution >= 4 is 27.9 Å². The fourth-order valence-corrected chi connectivity index (χ4v) is 5.41. The maximum Gasteiger partial charge on any atom is 0.173 e. The lowest BCUT2D eigenvalue weighted by Gasteiger charge is -2.30. The summed E-state index contributed by atoms with van der Waals surface area (Å²) in [4.78, 5) is 28.0. The van der Waals surface area contributed by atoms with Gasteiger partial charge in [-0.25, -0.2) is 0 Å². The van der Waals surface area contributed by atoms with Crippen LogP contribution in [-0.4, -0.2) is 37.9 Å². The molecule has 0 radical (unpaired) electrons. The molecule has 1 aliphatic carbocycles. The van der Waals surface area contributed by atoms with Crippen LogP contribution in [0.1, 0.15) is 52.8 Å². The molecule has 0 atom stereocenters. The first-order chi connectivity index (χ1) is 12.9. The second kappa shape index (κ2) is 6.88. The molecule has 1 aromatic carbocycles. The van der Waals surface area contributed by atoms with Crippen molar-refractivity contribution in [1.29, 1.82) is 0 Å². The van der Waals surface area contributed by atoms with Gasteiger partial charge in [0.25, 0.3) is 0 Å². The molecule has 27 heavy (non-hydrogen) atoms. The molecule has 4 rings (SSSR count). The molecular formula is C22H25NO3S. The summed E-state index contributed by atoms with van der Waals surface area (Å²) >= 11 is 1.62. The Morgan fingerprint density at radius 2 is 1.93 bits per heavy atom. The number of rotatable bonds is 3. The highest BCUT2D eigenvalue weighted by atomic mass is 32.1. The number of carbonyl (C=O) groups excluding carboxylic acids is 2. The fourth-order valence-electron chi connectivity index (χ4n) is 4.08. The van der Waals surface area contributed by atoms with Crippen molar-refractivity contribution in [2.75, 3.05) is 31.2 Å². The molecule has 1 saturated heterocycles. The van der Waals surface area contributed by atoms with Gasteiger partial charge >= 0.3 is 0 Å². The minimum atomic E-state index is -0.0413. The number of hydrogen-bond acceptors (Lipinski definition) is 5. The van der Waals surface area contributed by atoms with E-state index in [2.05, 4.69) is 24.8 Å². The van der Waals surface area contributed by atoms with Gasteiger partial charge in [0.15, 0.2) is 11.6 Å². The molecule has 0 spiro atoms. The van der Waals surface area contributed by atoms with Gasteiger partial charge in [0.2, 0.25) is 0 Å². The number of anilines is 1. The van der Waals surface area contributed by atoms with E-state index in [0.717, 1.165) is 46.1 Å². The van der Waals surface area contributed by atoms with Crippen LogP contribution in [0.15, 0.2) is 24.3 Å². The quantitative estimate of drug-likeness (QED) is 0.726. The maximum absolute atomic E-state index is 12.9. The van der Waals surface area contributed by atoms with E-state index >= 15 is 0 Å². The van der Waals surface area contributed by atoms with Gasteiger partial charge in [-0.2, -0.15) is 0 Å². The van der Waals surface area contributed by atoms with E-state index in [1.54, 1.807) is 18.3 Å². The molecule has 1 aliphatic heterocycles. The third-order valence-corrected chi connectivity index (χ3v) is 6.73. The summed E-state index contributed by atoms with van der Waals surface area (Å²) in [6.45, 7) is 8.99. The highest BCUT2D eigenvalue weighted by Crippen LogP contribution is 2.49.